The second kappa shape index (κ2) is 7.50. The van der Waals surface area contributed by atoms with Crippen LogP contribution in [0.1, 0.15) is 13.8 Å². The van der Waals surface area contributed by atoms with Gasteiger partial charge in [0.2, 0.25) is 5.91 Å². The standard InChI is InChI=1S/C19H20ClN3OS/c1-13(2)23(15-7-5-4-6-8-15)18(24)12-25-19-21-16-11-14(20)9-10-17(16)22(19)3/h4-11,13H,12H2,1-3H3. The van der Waals surface area contributed by atoms with Gasteiger partial charge in [-0.1, -0.05) is 41.6 Å². The molecule has 0 unspecified atom stereocenters. The summed E-state index contributed by atoms with van der Waals surface area (Å²) < 4.78 is 1.99. The number of hydrogen-bond acceptors (Lipinski definition) is 3. The van der Waals surface area contributed by atoms with Crippen molar-refractivity contribution in [1.82, 2.24) is 9.55 Å². The predicted molar refractivity (Wildman–Crippen MR) is 106 cm³/mol. The Morgan fingerprint density at radius 2 is 1.96 bits per heavy atom. The van der Waals surface area contributed by atoms with Crippen LogP contribution in [0.15, 0.2) is 53.7 Å². The summed E-state index contributed by atoms with van der Waals surface area (Å²) in [6.45, 7) is 4.04. The third kappa shape index (κ3) is 3.83. The zero-order valence-corrected chi connectivity index (χ0v) is 16.0. The molecule has 1 aromatic heterocycles. The van der Waals surface area contributed by atoms with Crippen LogP contribution in [0.5, 0.6) is 0 Å². The maximum atomic E-state index is 12.8. The maximum absolute atomic E-state index is 12.8. The van der Waals surface area contributed by atoms with Crippen molar-refractivity contribution in [3.8, 4) is 0 Å². The highest BCUT2D eigenvalue weighted by atomic mass is 35.5. The van der Waals surface area contributed by atoms with E-state index in [4.69, 9.17) is 11.6 Å². The summed E-state index contributed by atoms with van der Waals surface area (Å²) in [6.07, 6.45) is 0. The van der Waals surface area contributed by atoms with Crippen molar-refractivity contribution >= 4 is 46.0 Å². The van der Waals surface area contributed by atoms with Gasteiger partial charge >= 0.3 is 0 Å². The van der Waals surface area contributed by atoms with Gasteiger partial charge in [0.05, 0.1) is 16.8 Å². The zero-order valence-electron chi connectivity index (χ0n) is 14.4. The van der Waals surface area contributed by atoms with Crippen LogP contribution in [0.4, 0.5) is 5.69 Å². The fraction of sp³-hybridized carbons (Fsp3) is 0.263. The molecule has 130 valence electrons. The molecule has 0 atom stereocenters. The van der Waals surface area contributed by atoms with Crippen LogP contribution in [0.2, 0.25) is 5.02 Å². The van der Waals surface area contributed by atoms with Crippen molar-refractivity contribution in [3.05, 3.63) is 53.6 Å². The number of thioether (sulfide) groups is 1. The van der Waals surface area contributed by atoms with Crippen molar-refractivity contribution in [2.24, 2.45) is 7.05 Å². The number of aromatic nitrogens is 2. The Balaban J connectivity index is 1.78. The minimum absolute atomic E-state index is 0.0660. The highest BCUT2D eigenvalue weighted by Crippen LogP contribution is 2.26. The molecular formula is C19H20ClN3OS. The van der Waals surface area contributed by atoms with Crippen molar-refractivity contribution in [2.75, 3.05) is 10.7 Å². The van der Waals surface area contributed by atoms with E-state index in [1.54, 1.807) is 0 Å². The molecule has 1 heterocycles. The highest BCUT2D eigenvalue weighted by molar-refractivity contribution is 7.99. The van der Waals surface area contributed by atoms with Gasteiger partial charge in [-0.15, -0.1) is 0 Å². The van der Waals surface area contributed by atoms with E-state index in [9.17, 15) is 4.79 Å². The first-order chi connectivity index (χ1) is 12.0. The van der Waals surface area contributed by atoms with Crippen LogP contribution >= 0.6 is 23.4 Å². The van der Waals surface area contributed by atoms with Gasteiger partial charge in [-0.2, -0.15) is 0 Å². The minimum Gasteiger partial charge on any atom is -0.322 e. The van der Waals surface area contributed by atoms with E-state index < -0.39 is 0 Å². The van der Waals surface area contributed by atoms with E-state index >= 15 is 0 Å². The van der Waals surface area contributed by atoms with Crippen LogP contribution in [-0.2, 0) is 11.8 Å². The first-order valence-electron chi connectivity index (χ1n) is 8.09. The van der Waals surface area contributed by atoms with Crippen molar-refractivity contribution in [1.29, 1.82) is 0 Å². The van der Waals surface area contributed by atoms with Gasteiger partial charge in [-0.25, -0.2) is 4.98 Å². The average Bonchev–Trinajstić information content (AvgIpc) is 2.89. The third-order valence-corrected chi connectivity index (χ3v) is 5.20. The molecule has 0 aliphatic rings. The second-order valence-electron chi connectivity index (χ2n) is 6.07. The molecule has 0 N–H and O–H groups in total. The number of imidazole rings is 1. The normalized spacial score (nSPS) is 11.2. The second-order valence-corrected chi connectivity index (χ2v) is 7.45. The van der Waals surface area contributed by atoms with E-state index in [0.717, 1.165) is 21.9 Å². The monoisotopic (exact) mass is 373 g/mol. The highest BCUT2D eigenvalue weighted by Gasteiger charge is 2.20. The number of anilines is 1. The summed E-state index contributed by atoms with van der Waals surface area (Å²) in [5, 5.41) is 1.47. The van der Waals surface area contributed by atoms with Gasteiger partial charge in [0.1, 0.15) is 0 Å². The molecule has 2 aromatic carbocycles. The summed E-state index contributed by atoms with van der Waals surface area (Å²) in [7, 11) is 1.95. The first kappa shape index (κ1) is 17.8. The van der Waals surface area contributed by atoms with Crippen LogP contribution in [0.3, 0.4) is 0 Å². The molecule has 0 bridgehead atoms. The molecule has 0 saturated heterocycles. The number of nitrogens with zero attached hydrogens (tertiary/aromatic N) is 3. The fourth-order valence-corrected chi connectivity index (χ4v) is 3.81. The zero-order chi connectivity index (χ0) is 18.0. The Kier molecular flexibility index (Phi) is 5.35. The van der Waals surface area contributed by atoms with Crippen LogP contribution < -0.4 is 4.90 Å². The molecule has 1 amide bonds. The van der Waals surface area contributed by atoms with Crippen molar-refractivity contribution in [2.45, 2.75) is 25.0 Å². The number of hydrogen-bond donors (Lipinski definition) is 0. The molecule has 25 heavy (non-hydrogen) atoms. The summed E-state index contributed by atoms with van der Waals surface area (Å²) in [5.74, 6) is 0.397. The lowest BCUT2D eigenvalue weighted by atomic mass is 10.2. The topological polar surface area (TPSA) is 38.1 Å². The van der Waals surface area contributed by atoms with Crippen LogP contribution in [-0.4, -0.2) is 27.3 Å². The molecule has 0 aliphatic heterocycles. The lowest BCUT2D eigenvalue weighted by Gasteiger charge is -2.26. The lowest BCUT2D eigenvalue weighted by Crippen LogP contribution is -2.38. The number of rotatable bonds is 5. The number of halogens is 1. The molecule has 0 spiro atoms. The molecule has 3 rings (SSSR count). The van der Waals surface area contributed by atoms with E-state index in [-0.39, 0.29) is 11.9 Å². The Morgan fingerprint density at radius 3 is 2.64 bits per heavy atom. The number of carbonyl (C=O) groups is 1. The first-order valence-corrected chi connectivity index (χ1v) is 9.45. The molecule has 3 aromatic rings. The largest absolute Gasteiger partial charge is 0.322 e. The number of carbonyl (C=O) groups excluding carboxylic acids is 1. The molecule has 0 saturated carbocycles. The number of fused-ring (bicyclic) bond motifs is 1. The smallest absolute Gasteiger partial charge is 0.237 e. The summed E-state index contributed by atoms with van der Waals surface area (Å²) in [6, 6.07) is 15.5. The molecule has 0 fully saturated rings. The SMILES string of the molecule is CC(C)N(C(=O)CSc1nc2cc(Cl)ccc2n1C)c1ccccc1. The Hall–Kier alpha value is -1.98. The minimum atomic E-state index is 0.0660. The van der Waals surface area contributed by atoms with Crippen LogP contribution in [0.25, 0.3) is 11.0 Å². The van der Waals surface area contributed by atoms with E-state index in [0.29, 0.717) is 10.8 Å². The number of benzene rings is 2. The van der Waals surface area contributed by atoms with E-state index in [2.05, 4.69) is 4.98 Å². The molecule has 0 aliphatic carbocycles. The van der Waals surface area contributed by atoms with Crippen LogP contribution in [0, 0.1) is 0 Å². The van der Waals surface area contributed by atoms with Gasteiger partial charge in [-0.05, 0) is 44.2 Å². The molecular weight excluding hydrogens is 354 g/mol. The third-order valence-electron chi connectivity index (χ3n) is 3.95. The predicted octanol–water partition coefficient (Wildman–Crippen LogP) is 4.76. The van der Waals surface area contributed by atoms with E-state index in [1.165, 1.54) is 11.8 Å². The lowest BCUT2D eigenvalue weighted by molar-refractivity contribution is -0.116. The van der Waals surface area contributed by atoms with Gasteiger partial charge in [0.25, 0.3) is 0 Å². The number of amides is 1. The molecule has 0 radical (unpaired) electrons. The Labute approximate surface area is 156 Å². The Bertz CT molecular complexity index is 892. The summed E-state index contributed by atoms with van der Waals surface area (Å²) >= 11 is 7.48. The average molecular weight is 374 g/mol. The van der Waals surface area contributed by atoms with E-state index in [1.807, 2.05) is 78.9 Å². The van der Waals surface area contributed by atoms with Crippen molar-refractivity contribution in [3.63, 3.8) is 0 Å². The van der Waals surface area contributed by atoms with Gasteiger partial charge in [-0.3, -0.25) is 4.79 Å². The Morgan fingerprint density at radius 1 is 1.24 bits per heavy atom. The number of para-hydroxylation sites is 1. The van der Waals surface area contributed by atoms with Gasteiger partial charge < -0.3 is 9.47 Å². The fourth-order valence-electron chi connectivity index (χ4n) is 2.79. The molecule has 4 nitrogen and oxygen atoms in total. The maximum Gasteiger partial charge on any atom is 0.237 e. The van der Waals surface area contributed by atoms with Crippen molar-refractivity contribution < 1.29 is 4.79 Å². The summed E-state index contributed by atoms with van der Waals surface area (Å²) in [5.41, 5.74) is 2.76. The van der Waals surface area contributed by atoms with Gasteiger partial charge in [0, 0.05) is 23.8 Å². The van der Waals surface area contributed by atoms with Gasteiger partial charge in [0.15, 0.2) is 5.16 Å². The quantitative estimate of drug-likeness (QED) is 0.605. The number of aryl methyl sites for hydroxylation is 1. The summed E-state index contributed by atoms with van der Waals surface area (Å²) in [4.78, 5) is 19.2. The molecule has 6 heteroatoms.